The molecule has 0 radical (unpaired) electrons. The van der Waals surface area contributed by atoms with E-state index in [1.54, 1.807) is 22.9 Å². The molecule has 0 bridgehead atoms. The van der Waals surface area contributed by atoms with Crippen molar-refractivity contribution in [3.8, 4) is 11.4 Å². The summed E-state index contributed by atoms with van der Waals surface area (Å²) in [6, 6.07) is 7.01. The molecule has 11 nitrogen and oxygen atoms in total. The molecule has 1 aliphatic rings. The summed E-state index contributed by atoms with van der Waals surface area (Å²) < 4.78 is 13.0. The Labute approximate surface area is 217 Å². The highest BCUT2D eigenvalue weighted by atomic mass is 32.2. The van der Waals surface area contributed by atoms with Crippen molar-refractivity contribution in [1.29, 1.82) is 0 Å². The molecule has 1 saturated carbocycles. The number of aryl methyl sites for hydroxylation is 2. The van der Waals surface area contributed by atoms with Gasteiger partial charge in [-0.25, -0.2) is 34.3 Å². The first-order valence-corrected chi connectivity index (χ1v) is 13.0. The van der Waals surface area contributed by atoms with E-state index in [0.717, 1.165) is 36.1 Å². The molecular weight excluding hydrogens is 490 g/mol. The van der Waals surface area contributed by atoms with Crippen LogP contribution < -0.4 is 21.7 Å². The summed E-state index contributed by atoms with van der Waals surface area (Å²) in [5.74, 6) is 1.24. The third-order valence-electron chi connectivity index (χ3n) is 6.07. The number of nitrogens with two attached hydrogens (primary N) is 2. The van der Waals surface area contributed by atoms with E-state index in [0.29, 0.717) is 46.6 Å². The summed E-state index contributed by atoms with van der Waals surface area (Å²) >= 11 is 0. The zero-order valence-corrected chi connectivity index (χ0v) is 20.9. The van der Waals surface area contributed by atoms with Gasteiger partial charge in [0, 0.05) is 19.0 Å². The van der Waals surface area contributed by atoms with Crippen LogP contribution in [0, 0.1) is 6.92 Å². The molecule has 3 heterocycles. The van der Waals surface area contributed by atoms with Gasteiger partial charge in [0.2, 0.25) is 5.95 Å². The SMILES string of the molecule is C.CCCn1c(=O)c(NCc2ccc(S(N)=O)cc2)nc2cnc(-c3c(C)nc(N)nc3C3CC3)nc21. The van der Waals surface area contributed by atoms with Crippen molar-refractivity contribution in [3.63, 3.8) is 0 Å². The molecule has 3 aromatic heterocycles. The number of hydrogen-bond acceptors (Lipinski definition) is 9. The Balaban J connectivity index is 0.00000320. The van der Waals surface area contributed by atoms with Crippen LogP contribution in [0.3, 0.4) is 0 Å². The monoisotopic (exact) mass is 521 g/mol. The van der Waals surface area contributed by atoms with Crippen LogP contribution in [0.5, 0.6) is 0 Å². The number of benzene rings is 1. The van der Waals surface area contributed by atoms with Crippen LogP contribution in [0.15, 0.2) is 40.2 Å². The van der Waals surface area contributed by atoms with Crippen LogP contribution in [-0.4, -0.2) is 33.7 Å². The van der Waals surface area contributed by atoms with Gasteiger partial charge in [-0.2, -0.15) is 0 Å². The molecule has 5 N–H and O–H groups in total. The van der Waals surface area contributed by atoms with Crippen molar-refractivity contribution in [1.82, 2.24) is 29.5 Å². The first-order valence-electron chi connectivity index (χ1n) is 11.8. The molecule has 5 rings (SSSR count). The van der Waals surface area contributed by atoms with Gasteiger partial charge >= 0.3 is 0 Å². The molecule has 0 amide bonds. The Kier molecular flexibility index (Phi) is 7.60. The van der Waals surface area contributed by atoms with E-state index >= 15 is 0 Å². The summed E-state index contributed by atoms with van der Waals surface area (Å²) in [5.41, 5.74) is 9.85. The summed E-state index contributed by atoms with van der Waals surface area (Å²) in [6.07, 6.45) is 4.46. The average Bonchev–Trinajstić information content (AvgIpc) is 3.70. The van der Waals surface area contributed by atoms with Crippen LogP contribution in [0.1, 0.15) is 56.5 Å². The quantitative estimate of drug-likeness (QED) is 0.315. The van der Waals surface area contributed by atoms with Crippen LogP contribution in [0.25, 0.3) is 22.6 Å². The Morgan fingerprint density at radius 2 is 1.86 bits per heavy atom. The Morgan fingerprint density at radius 3 is 2.51 bits per heavy atom. The highest BCUT2D eigenvalue weighted by Gasteiger charge is 2.31. The molecule has 1 aromatic carbocycles. The van der Waals surface area contributed by atoms with Crippen molar-refractivity contribution >= 4 is 33.9 Å². The predicted molar refractivity (Wildman–Crippen MR) is 145 cm³/mol. The molecule has 1 unspecified atom stereocenters. The molecule has 4 aromatic rings. The standard InChI is InChI=1S/C24H27N9O2S.CH4/c1-3-10-33-22-17(30-21(23(33)34)27-11-14-4-8-16(9-5-14)36(26)35)12-28-20(32-22)18-13(2)29-24(25)31-19(18)15-6-7-15;/h4-5,8-9,12,15H,3,6-7,10-11,26H2,1-2H3,(H,27,30)(H2,25,29,31);1H4. The van der Waals surface area contributed by atoms with E-state index in [-0.39, 0.29) is 24.8 Å². The fourth-order valence-electron chi connectivity index (χ4n) is 4.18. The fraction of sp³-hybridized carbons (Fsp3) is 0.360. The largest absolute Gasteiger partial charge is 0.368 e. The van der Waals surface area contributed by atoms with Crippen molar-refractivity contribution in [3.05, 3.63) is 57.8 Å². The molecule has 1 fully saturated rings. The van der Waals surface area contributed by atoms with Crippen LogP contribution in [0.2, 0.25) is 0 Å². The number of nitrogens with one attached hydrogen (secondary N) is 1. The lowest BCUT2D eigenvalue weighted by Gasteiger charge is -2.14. The maximum Gasteiger partial charge on any atom is 0.294 e. The second kappa shape index (κ2) is 10.7. The van der Waals surface area contributed by atoms with Gasteiger partial charge in [-0.1, -0.05) is 26.5 Å². The van der Waals surface area contributed by atoms with Gasteiger partial charge < -0.3 is 11.1 Å². The van der Waals surface area contributed by atoms with Crippen LogP contribution >= 0.6 is 0 Å². The summed E-state index contributed by atoms with van der Waals surface area (Å²) in [4.78, 5) is 36.6. The molecule has 1 aliphatic carbocycles. The Morgan fingerprint density at radius 1 is 1.14 bits per heavy atom. The number of nitrogen functional groups attached to an aromatic ring is 1. The lowest BCUT2D eigenvalue weighted by molar-refractivity contribution is 0.668. The van der Waals surface area contributed by atoms with Gasteiger partial charge in [0.25, 0.3) is 5.56 Å². The summed E-state index contributed by atoms with van der Waals surface area (Å²) in [7, 11) is -1.54. The number of fused-ring (bicyclic) bond motifs is 1. The fourth-order valence-corrected chi connectivity index (χ4v) is 4.58. The van der Waals surface area contributed by atoms with Crippen molar-refractivity contribution < 1.29 is 4.21 Å². The zero-order valence-electron chi connectivity index (χ0n) is 20.1. The normalized spacial score (nSPS) is 13.8. The van der Waals surface area contributed by atoms with Crippen LogP contribution in [0.4, 0.5) is 11.8 Å². The lowest BCUT2D eigenvalue weighted by Crippen LogP contribution is -2.26. The van der Waals surface area contributed by atoms with Gasteiger partial charge in [-0.15, -0.1) is 0 Å². The van der Waals surface area contributed by atoms with Gasteiger partial charge in [-0.3, -0.25) is 9.36 Å². The summed E-state index contributed by atoms with van der Waals surface area (Å²) in [6.45, 7) is 4.71. The number of nitrogens with zero attached hydrogens (tertiary/aromatic N) is 6. The maximum absolute atomic E-state index is 13.4. The minimum atomic E-state index is -1.54. The predicted octanol–water partition coefficient (Wildman–Crippen LogP) is 3.05. The number of aromatic nitrogens is 6. The highest BCUT2D eigenvalue weighted by molar-refractivity contribution is 7.82. The molecule has 0 spiro atoms. The number of rotatable bonds is 8. The Hall–Kier alpha value is -3.77. The summed E-state index contributed by atoms with van der Waals surface area (Å²) in [5, 5.41) is 8.54. The van der Waals surface area contributed by atoms with E-state index in [4.69, 9.17) is 15.9 Å². The van der Waals surface area contributed by atoms with E-state index < -0.39 is 11.0 Å². The Bertz CT molecular complexity index is 1530. The van der Waals surface area contributed by atoms with Crippen molar-refractivity contribution in [2.45, 2.75) is 64.4 Å². The molecule has 0 aliphatic heterocycles. The first-order chi connectivity index (χ1) is 17.4. The minimum Gasteiger partial charge on any atom is -0.368 e. The maximum atomic E-state index is 13.4. The van der Waals surface area contributed by atoms with E-state index in [1.165, 1.54) is 0 Å². The average molecular weight is 522 g/mol. The molecular formula is C25H31N9O2S. The molecule has 0 saturated heterocycles. The number of anilines is 2. The van der Waals surface area contributed by atoms with Crippen LogP contribution in [-0.2, 0) is 24.1 Å². The second-order valence-electron chi connectivity index (χ2n) is 8.82. The molecule has 12 heteroatoms. The van der Waals surface area contributed by atoms with E-state index in [2.05, 4.69) is 25.3 Å². The van der Waals surface area contributed by atoms with Gasteiger partial charge in [-0.05, 0) is 43.9 Å². The third-order valence-corrected chi connectivity index (χ3v) is 6.81. The van der Waals surface area contributed by atoms with Gasteiger partial charge in [0.05, 0.1) is 28.0 Å². The molecule has 37 heavy (non-hydrogen) atoms. The highest BCUT2D eigenvalue weighted by Crippen LogP contribution is 2.43. The minimum absolute atomic E-state index is 0. The third kappa shape index (κ3) is 5.35. The number of hydrogen-bond donors (Lipinski definition) is 3. The topological polar surface area (TPSA) is 168 Å². The van der Waals surface area contributed by atoms with Gasteiger partial charge in [0.1, 0.15) is 16.5 Å². The zero-order chi connectivity index (χ0) is 25.4. The first kappa shape index (κ1) is 26.3. The van der Waals surface area contributed by atoms with E-state index in [9.17, 15) is 9.00 Å². The van der Waals surface area contributed by atoms with E-state index in [1.807, 2.05) is 26.0 Å². The van der Waals surface area contributed by atoms with Crippen molar-refractivity contribution in [2.24, 2.45) is 5.14 Å². The smallest absolute Gasteiger partial charge is 0.294 e. The van der Waals surface area contributed by atoms with Gasteiger partial charge in [0.15, 0.2) is 17.3 Å². The van der Waals surface area contributed by atoms with Crippen molar-refractivity contribution in [2.75, 3.05) is 11.1 Å². The molecule has 1 atom stereocenters. The molecule has 194 valence electrons. The second-order valence-corrected chi connectivity index (χ2v) is 9.88. The lowest BCUT2D eigenvalue weighted by atomic mass is 10.1.